The molecule has 0 saturated heterocycles. The standard InChI is InChI=1S/C14H11Br3FN/c1-8-4-11(16)14(12(17)5-8)19-7-9-2-3-13(18)10(15)6-9/h2-6,19H,7H2,1H3. The van der Waals surface area contributed by atoms with E-state index in [1.54, 1.807) is 12.1 Å². The number of hydrogen-bond donors (Lipinski definition) is 1. The highest BCUT2D eigenvalue weighted by Crippen LogP contribution is 2.32. The van der Waals surface area contributed by atoms with Crippen molar-refractivity contribution < 1.29 is 4.39 Å². The third-order valence-corrected chi connectivity index (χ3v) is 4.50. The van der Waals surface area contributed by atoms with E-state index in [9.17, 15) is 4.39 Å². The molecule has 0 radical (unpaired) electrons. The van der Waals surface area contributed by atoms with E-state index in [0.29, 0.717) is 11.0 Å². The summed E-state index contributed by atoms with van der Waals surface area (Å²) in [5.74, 6) is -0.249. The molecule has 0 aliphatic carbocycles. The summed E-state index contributed by atoms with van der Waals surface area (Å²) in [6, 6.07) is 9.10. The van der Waals surface area contributed by atoms with Gasteiger partial charge in [-0.1, -0.05) is 6.07 Å². The molecule has 2 aromatic carbocycles. The molecule has 0 bridgehead atoms. The van der Waals surface area contributed by atoms with Crippen LogP contribution in [0.2, 0.25) is 0 Å². The van der Waals surface area contributed by atoms with Crippen LogP contribution in [0.4, 0.5) is 10.1 Å². The fraction of sp³-hybridized carbons (Fsp3) is 0.143. The lowest BCUT2D eigenvalue weighted by molar-refractivity contribution is 0.620. The molecule has 19 heavy (non-hydrogen) atoms. The van der Waals surface area contributed by atoms with Gasteiger partial charge in [0.1, 0.15) is 5.82 Å². The first kappa shape index (κ1) is 15.0. The summed E-state index contributed by atoms with van der Waals surface area (Å²) in [5.41, 5.74) is 3.17. The predicted octanol–water partition coefficient (Wildman–Crippen LogP) is 6.03. The molecule has 0 aromatic heterocycles. The van der Waals surface area contributed by atoms with E-state index < -0.39 is 0 Å². The van der Waals surface area contributed by atoms with Gasteiger partial charge in [-0.2, -0.15) is 0 Å². The van der Waals surface area contributed by atoms with Gasteiger partial charge < -0.3 is 5.32 Å². The van der Waals surface area contributed by atoms with Crippen molar-refractivity contribution >= 4 is 53.5 Å². The molecule has 0 atom stereocenters. The summed E-state index contributed by atoms with van der Waals surface area (Å²) in [7, 11) is 0. The van der Waals surface area contributed by atoms with Crippen LogP contribution in [0.1, 0.15) is 11.1 Å². The second kappa shape index (κ2) is 6.37. The van der Waals surface area contributed by atoms with Gasteiger partial charge in [-0.3, -0.25) is 0 Å². The Morgan fingerprint density at radius 1 is 1.00 bits per heavy atom. The van der Waals surface area contributed by atoms with E-state index in [2.05, 4.69) is 53.1 Å². The maximum Gasteiger partial charge on any atom is 0.137 e. The van der Waals surface area contributed by atoms with Gasteiger partial charge in [-0.25, -0.2) is 4.39 Å². The summed E-state index contributed by atoms with van der Waals surface area (Å²) >= 11 is 10.3. The highest BCUT2D eigenvalue weighted by Gasteiger charge is 2.06. The molecule has 0 saturated carbocycles. The minimum Gasteiger partial charge on any atom is -0.379 e. The van der Waals surface area contributed by atoms with E-state index >= 15 is 0 Å². The number of nitrogens with one attached hydrogen (secondary N) is 1. The first-order valence-electron chi connectivity index (χ1n) is 5.61. The monoisotopic (exact) mass is 449 g/mol. The lowest BCUT2D eigenvalue weighted by Gasteiger charge is -2.12. The summed E-state index contributed by atoms with van der Waals surface area (Å²) in [6.45, 7) is 2.66. The SMILES string of the molecule is Cc1cc(Br)c(NCc2ccc(F)c(Br)c2)c(Br)c1. The van der Waals surface area contributed by atoms with Crippen LogP contribution in [0.3, 0.4) is 0 Å². The molecule has 0 spiro atoms. The van der Waals surface area contributed by atoms with E-state index in [1.165, 1.54) is 11.6 Å². The molecule has 0 aliphatic rings. The van der Waals surface area contributed by atoms with Crippen molar-refractivity contribution in [2.45, 2.75) is 13.5 Å². The van der Waals surface area contributed by atoms with Gasteiger partial charge in [-0.05, 0) is 90.1 Å². The number of rotatable bonds is 3. The largest absolute Gasteiger partial charge is 0.379 e. The smallest absolute Gasteiger partial charge is 0.137 e. The molecule has 5 heteroatoms. The van der Waals surface area contributed by atoms with Crippen molar-refractivity contribution in [2.24, 2.45) is 0 Å². The summed E-state index contributed by atoms with van der Waals surface area (Å²) in [6.07, 6.45) is 0. The second-order valence-electron chi connectivity index (χ2n) is 4.21. The predicted molar refractivity (Wildman–Crippen MR) is 88.0 cm³/mol. The number of benzene rings is 2. The molecule has 1 nitrogen and oxygen atoms in total. The topological polar surface area (TPSA) is 12.0 Å². The van der Waals surface area contributed by atoms with E-state index in [1.807, 2.05) is 19.1 Å². The van der Waals surface area contributed by atoms with Crippen LogP contribution in [0.15, 0.2) is 43.7 Å². The normalized spacial score (nSPS) is 10.6. The lowest BCUT2D eigenvalue weighted by Crippen LogP contribution is -2.01. The van der Waals surface area contributed by atoms with Crippen molar-refractivity contribution in [2.75, 3.05) is 5.32 Å². The average molecular weight is 452 g/mol. The highest BCUT2D eigenvalue weighted by atomic mass is 79.9. The minimum absolute atomic E-state index is 0.249. The Hall–Kier alpha value is -0.390. The maximum absolute atomic E-state index is 13.2. The van der Waals surface area contributed by atoms with Gasteiger partial charge in [0.2, 0.25) is 0 Å². The molecular formula is C14H11Br3FN. The molecule has 0 heterocycles. The zero-order valence-corrected chi connectivity index (χ0v) is 14.9. The van der Waals surface area contributed by atoms with Crippen molar-refractivity contribution in [3.8, 4) is 0 Å². The maximum atomic E-state index is 13.2. The first-order chi connectivity index (χ1) is 8.97. The molecule has 1 N–H and O–H groups in total. The Balaban J connectivity index is 2.16. The molecule has 2 aromatic rings. The molecular weight excluding hydrogens is 441 g/mol. The Labute approximate surface area is 137 Å². The van der Waals surface area contributed by atoms with Crippen LogP contribution in [0.25, 0.3) is 0 Å². The third kappa shape index (κ3) is 3.80. The molecule has 0 fully saturated rings. The first-order valence-corrected chi connectivity index (χ1v) is 7.98. The lowest BCUT2D eigenvalue weighted by atomic mass is 10.2. The zero-order valence-electron chi connectivity index (χ0n) is 10.1. The van der Waals surface area contributed by atoms with Gasteiger partial charge in [0.05, 0.1) is 10.2 Å². The zero-order chi connectivity index (χ0) is 14.0. The number of halogens is 4. The Kier molecular flexibility index (Phi) is 5.03. The van der Waals surface area contributed by atoms with Crippen LogP contribution in [-0.2, 0) is 6.54 Å². The molecule has 2 rings (SSSR count). The van der Waals surface area contributed by atoms with Gasteiger partial charge in [0.15, 0.2) is 0 Å². The van der Waals surface area contributed by atoms with Crippen molar-refractivity contribution in [1.82, 2.24) is 0 Å². The third-order valence-electron chi connectivity index (χ3n) is 2.64. The average Bonchev–Trinajstić information content (AvgIpc) is 2.32. The molecule has 0 amide bonds. The van der Waals surface area contributed by atoms with Crippen LogP contribution < -0.4 is 5.32 Å². The van der Waals surface area contributed by atoms with Crippen LogP contribution in [0.5, 0.6) is 0 Å². The highest BCUT2D eigenvalue weighted by molar-refractivity contribution is 9.11. The fourth-order valence-electron chi connectivity index (χ4n) is 1.71. The quantitative estimate of drug-likeness (QED) is 0.600. The van der Waals surface area contributed by atoms with Crippen LogP contribution in [0, 0.1) is 12.7 Å². The van der Waals surface area contributed by atoms with Gasteiger partial charge >= 0.3 is 0 Å². The van der Waals surface area contributed by atoms with Gasteiger partial charge in [-0.15, -0.1) is 0 Å². The number of aryl methyl sites for hydroxylation is 1. The summed E-state index contributed by atoms with van der Waals surface area (Å²) in [5, 5.41) is 3.33. The van der Waals surface area contributed by atoms with Crippen molar-refractivity contribution in [3.63, 3.8) is 0 Å². The number of hydrogen-bond acceptors (Lipinski definition) is 1. The molecule has 100 valence electrons. The van der Waals surface area contributed by atoms with Gasteiger partial charge in [0, 0.05) is 15.5 Å². The minimum atomic E-state index is -0.249. The Morgan fingerprint density at radius 2 is 1.63 bits per heavy atom. The Bertz CT molecular complexity index is 591. The van der Waals surface area contributed by atoms with E-state index in [-0.39, 0.29) is 5.82 Å². The van der Waals surface area contributed by atoms with Gasteiger partial charge in [0.25, 0.3) is 0 Å². The van der Waals surface area contributed by atoms with Crippen LogP contribution >= 0.6 is 47.8 Å². The summed E-state index contributed by atoms with van der Waals surface area (Å²) < 4.78 is 15.6. The molecule has 0 aliphatic heterocycles. The molecule has 0 unspecified atom stereocenters. The Morgan fingerprint density at radius 3 is 2.21 bits per heavy atom. The van der Waals surface area contributed by atoms with Crippen LogP contribution in [-0.4, -0.2) is 0 Å². The fourth-order valence-corrected chi connectivity index (χ4v) is 3.83. The second-order valence-corrected chi connectivity index (χ2v) is 6.77. The van der Waals surface area contributed by atoms with E-state index in [0.717, 1.165) is 20.2 Å². The number of anilines is 1. The van der Waals surface area contributed by atoms with Crippen molar-refractivity contribution in [3.05, 3.63) is 60.7 Å². The summed E-state index contributed by atoms with van der Waals surface area (Å²) in [4.78, 5) is 0. The van der Waals surface area contributed by atoms with Crippen molar-refractivity contribution in [1.29, 1.82) is 0 Å². The van der Waals surface area contributed by atoms with E-state index in [4.69, 9.17) is 0 Å².